The van der Waals surface area contributed by atoms with Gasteiger partial charge in [-0.25, -0.2) is 0 Å². The van der Waals surface area contributed by atoms with E-state index < -0.39 is 11.9 Å². The smallest absolute Gasteiger partial charge is 0.311 e. The Hall–Kier alpha value is -0.730. The second-order valence-corrected chi connectivity index (χ2v) is 5.03. The van der Waals surface area contributed by atoms with Crippen molar-refractivity contribution in [2.24, 2.45) is 5.92 Å². The molecule has 1 atom stereocenters. The van der Waals surface area contributed by atoms with Crippen LogP contribution in [0.4, 0.5) is 0 Å². The van der Waals surface area contributed by atoms with Crippen LogP contribution >= 0.6 is 23.2 Å². The lowest BCUT2D eigenvalue weighted by Crippen LogP contribution is -2.14. The molecule has 1 aromatic carbocycles. The van der Waals surface area contributed by atoms with Gasteiger partial charge in [0.1, 0.15) is 0 Å². The van der Waals surface area contributed by atoms with Crippen molar-refractivity contribution in [3.63, 3.8) is 0 Å². The maximum Gasteiger partial charge on any atom is 0.311 e. The fourth-order valence-electron chi connectivity index (χ4n) is 1.62. The van der Waals surface area contributed by atoms with Crippen LogP contribution in [0.3, 0.4) is 0 Å². The van der Waals surface area contributed by atoms with Gasteiger partial charge in [-0.2, -0.15) is 0 Å². The summed E-state index contributed by atoms with van der Waals surface area (Å²) in [6.45, 7) is 3.97. The highest BCUT2D eigenvalue weighted by atomic mass is 35.5. The number of carboxylic acid groups (broad SMARTS) is 1. The first-order valence-electron chi connectivity index (χ1n) is 5.09. The molecule has 0 fully saturated rings. The van der Waals surface area contributed by atoms with Gasteiger partial charge < -0.3 is 5.11 Å². The molecule has 88 valence electrons. The van der Waals surface area contributed by atoms with Crippen LogP contribution in [-0.2, 0) is 4.79 Å². The molecule has 0 aliphatic carbocycles. The fourth-order valence-corrected chi connectivity index (χ4v) is 2.16. The molecule has 2 nitrogen and oxygen atoms in total. The summed E-state index contributed by atoms with van der Waals surface area (Å²) >= 11 is 11.8. The van der Waals surface area contributed by atoms with Crippen molar-refractivity contribution >= 4 is 29.2 Å². The molecule has 1 rings (SSSR count). The Morgan fingerprint density at radius 1 is 1.38 bits per heavy atom. The van der Waals surface area contributed by atoms with E-state index in [9.17, 15) is 9.90 Å². The number of carboxylic acids is 1. The molecule has 1 N–H and O–H groups in total. The third kappa shape index (κ3) is 3.39. The minimum atomic E-state index is -0.849. The van der Waals surface area contributed by atoms with Crippen molar-refractivity contribution < 1.29 is 9.90 Å². The molecule has 1 unspecified atom stereocenters. The Balaban J connectivity index is 3.06. The standard InChI is InChI=1S/C12H14Cl2O2/c1-7(2)5-10(12(15)16)9-4-3-8(13)6-11(9)14/h3-4,6-7,10H,5H2,1-2H3,(H,15,16). The predicted octanol–water partition coefficient (Wildman–Crippen LogP) is 4.21. The molecule has 16 heavy (non-hydrogen) atoms. The fraction of sp³-hybridized carbons (Fsp3) is 0.417. The summed E-state index contributed by atoms with van der Waals surface area (Å²) in [6, 6.07) is 4.93. The van der Waals surface area contributed by atoms with E-state index >= 15 is 0 Å². The van der Waals surface area contributed by atoms with E-state index in [1.165, 1.54) is 0 Å². The van der Waals surface area contributed by atoms with Gasteiger partial charge in [0.25, 0.3) is 0 Å². The molecule has 0 saturated carbocycles. The monoisotopic (exact) mass is 260 g/mol. The van der Waals surface area contributed by atoms with Gasteiger partial charge in [-0.05, 0) is 30.0 Å². The highest BCUT2D eigenvalue weighted by Crippen LogP contribution is 2.31. The van der Waals surface area contributed by atoms with Crippen LogP contribution in [0.1, 0.15) is 31.7 Å². The summed E-state index contributed by atoms with van der Waals surface area (Å²) < 4.78 is 0. The van der Waals surface area contributed by atoms with Gasteiger partial charge in [0, 0.05) is 10.0 Å². The lowest BCUT2D eigenvalue weighted by molar-refractivity contribution is -0.139. The molecule has 4 heteroatoms. The average Bonchev–Trinajstić information content (AvgIpc) is 2.14. The molecule has 0 amide bonds. The van der Waals surface area contributed by atoms with Gasteiger partial charge in [-0.15, -0.1) is 0 Å². The van der Waals surface area contributed by atoms with Crippen LogP contribution in [0.5, 0.6) is 0 Å². The molecule has 0 bridgehead atoms. The molecule has 1 aromatic rings. The normalized spacial score (nSPS) is 12.8. The highest BCUT2D eigenvalue weighted by Gasteiger charge is 2.23. The van der Waals surface area contributed by atoms with Crippen molar-refractivity contribution in [1.29, 1.82) is 0 Å². The molecule has 0 aliphatic rings. The van der Waals surface area contributed by atoms with Crippen molar-refractivity contribution in [3.05, 3.63) is 33.8 Å². The first kappa shape index (κ1) is 13.3. The topological polar surface area (TPSA) is 37.3 Å². The maximum absolute atomic E-state index is 11.2. The first-order valence-corrected chi connectivity index (χ1v) is 5.85. The van der Waals surface area contributed by atoms with Gasteiger partial charge >= 0.3 is 5.97 Å². The number of benzene rings is 1. The average molecular weight is 261 g/mol. The van der Waals surface area contributed by atoms with Crippen LogP contribution in [0.25, 0.3) is 0 Å². The number of rotatable bonds is 4. The zero-order valence-electron chi connectivity index (χ0n) is 9.21. The van der Waals surface area contributed by atoms with Gasteiger partial charge in [0.2, 0.25) is 0 Å². The maximum atomic E-state index is 11.2. The summed E-state index contributed by atoms with van der Waals surface area (Å²) in [4.78, 5) is 11.2. The van der Waals surface area contributed by atoms with Crippen LogP contribution in [0.2, 0.25) is 10.0 Å². The van der Waals surface area contributed by atoms with Crippen LogP contribution < -0.4 is 0 Å². The molecule has 0 spiro atoms. The quantitative estimate of drug-likeness (QED) is 0.881. The Morgan fingerprint density at radius 3 is 2.44 bits per heavy atom. The van der Waals surface area contributed by atoms with Crippen LogP contribution in [0, 0.1) is 5.92 Å². The van der Waals surface area contributed by atoms with Crippen LogP contribution in [-0.4, -0.2) is 11.1 Å². The minimum absolute atomic E-state index is 0.299. The first-order chi connectivity index (χ1) is 7.41. The minimum Gasteiger partial charge on any atom is -0.481 e. The zero-order valence-corrected chi connectivity index (χ0v) is 10.7. The molecule has 0 radical (unpaired) electrons. The third-order valence-corrected chi connectivity index (χ3v) is 2.91. The Bertz CT molecular complexity index is 389. The highest BCUT2D eigenvalue weighted by molar-refractivity contribution is 6.35. The molecule has 0 aromatic heterocycles. The van der Waals surface area contributed by atoms with E-state index in [2.05, 4.69) is 0 Å². The molecule has 0 saturated heterocycles. The van der Waals surface area contributed by atoms with E-state index in [-0.39, 0.29) is 0 Å². The third-order valence-electron chi connectivity index (χ3n) is 2.34. The number of carbonyl (C=O) groups is 1. The van der Waals surface area contributed by atoms with Gasteiger partial charge in [0.15, 0.2) is 0 Å². The van der Waals surface area contributed by atoms with Crippen molar-refractivity contribution in [1.82, 2.24) is 0 Å². The predicted molar refractivity (Wildman–Crippen MR) is 66.3 cm³/mol. The van der Waals surface area contributed by atoms with E-state index in [0.717, 1.165) is 0 Å². The summed E-state index contributed by atoms with van der Waals surface area (Å²) in [5.41, 5.74) is 0.632. The van der Waals surface area contributed by atoms with E-state index in [1.54, 1.807) is 18.2 Å². The second kappa shape index (κ2) is 5.55. The van der Waals surface area contributed by atoms with E-state index in [4.69, 9.17) is 23.2 Å². The zero-order chi connectivity index (χ0) is 12.3. The summed E-state index contributed by atoms with van der Waals surface area (Å²) in [5, 5.41) is 10.1. The summed E-state index contributed by atoms with van der Waals surface area (Å²) in [6.07, 6.45) is 0.566. The number of hydrogen-bond donors (Lipinski definition) is 1. The van der Waals surface area contributed by atoms with Crippen LogP contribution in [0.15, 0.2) is 18.2 Å². The molecule has 0 heterocycles. The van der Waals surface area contributed by atoms with Gasteiger partial charge in [-0.3, -0.25) is 4.79 Å². The van der Waals surface area contributed by atoms with Crippen molar-refractivity contribution in [2.75, 3.05) is 0 Å². The number of halogens is 2. The Morgan fingerprint density at radius 2 is 2.00 bits per heavy atom. The summed E-state index contributed by atoms with van der Waals surface area (Å²) in [5.74, 6) is -1.12. The Labute approximate surface area is 105 Å². The summed E-state index contributed by atoms with van der Waals surface area (Å²) in [7, 11) is 0. The van der Waals surface area contributed by atoms with Crippen molar-refractivity contribution in [3.8, 4) is 0 Å². The lowest BCUT2D eigenvalue weighted by Gasteiger charge is -2.16. The second-order valence-electron chi connectivity index (χ2n) is 4.19. The van der Waals surface area contributed by atoms with Crippen molar-refractivity contribution in [2.45, 2.75) is 26.2 Å². The van der Waals surface area contributed by atoms with Gasteiger partial charge in [-0.1, -0.05) is 43.1 Å². The van der Waals surface area contributed by atoms with Gasteiger partial charge in [0.05, 0.1) is 5.92 Å². The SMILES string of the molecule is CC(C)CC(C(=O)O)c1ccc(Cl)cc1Cl. The van der Waals surface area contributed by atoms with E-state index in [1.807, 2.05) is 13.8 Å². The van der Waals surface area contributed by atoms with E-state index in [0.29, 0.717) is 27.9 Å². The molecular formula is C12H14Cl2O2. The molecule has 0 aliphatic heterocycles. The number of hydrogen-bond acceptors (Lipinski definition) is 1. The number of aliphatic carboxylic acids is 1. The molecular weight excluding hydrogens is 247 g/mol. The Kier molecular flexibility index (Phi) is 4.63. The lowest BCUT2D eigenvalue weighted by atomic mass is 9.90. The largest absolute Gasteiger partial charge is 0.481 e.